The van der Waals surface area contributed by atoms with Crippen molar-refractivity contribution in [1.82, 2.24) is 9.80 Å². The van der Waals surface area contributed by atoms with Crippen LogP contribution < -0.4 is 15.2 Å². The first kappa shape index (κ1) is 20.1. The Balaban J connectivity index is 0.00000288. The molecule has 2 rings (SSSR count). The van der Waals surface area contributed by atoms with Crippen LogP contribution in [0.3, 0.4) is 0 Å². The summed E-state index contributed by atoms with van der Waals surface area (Å²) < 4.78 is 10.4. The predicted molar refractivity (Wildman–Crippen MR) is 92.9 cm³/mol. The van der Waals surface area contributed by atoms with Gasteiger partial charge in [0.25, 0.3) is 5.91 Å². The quantitative estimate of drug-likeness (QED) is 0.840. The van der Waals surface area contributed by atoms with Crippen molar-refractivity contribution in [2.75, 3.05) is 46.9 Å². The lowest BCUT2D eigenvalue weighted by atomic mass is 10.1. The van der Waals surface area contributed by atoms with E-state index in [1.54, 1.807) is 42.2 Å². The van der Waals surface area contributed by atoms with Gasteiger partial charge in [-0.1, -0.05) is 0 Å². The molecular formula is C16H24ClN3O4. The zero-order chi connectivity index (χ0) is 16.8. The minimum Gasteiger partial charge on any atom is -0.497 e. The molecule has 0 saturated carbocycles. The van der Waals surface area contributed by atoms with Gasteiger partial charge < -0.3 is 25.0 Å². The third kappa shape index (κ3) is 4.75. The maximum atomic E-state index is 12.6. The van der Waals surface area contributed by atoms with E-state index in [9.17, 15) is 9.59 Å². The number of halogens is 1. The molecule has 1 aromatic rings. The summed E-state index contributed by atoms with van der Waals surface area (Å²) >= 11 is 0. The standard InChI is InChI=1S/C16H23N3O4.ClH/c1-22-13-9-12(10-14(11-13)23-2)16(21)19-7-5-18(6-8-19)15(20)3-4-17;/h9-11H,3-8,17H2,1-2H3;1H. The number of rotatable bonds is 5. The summed E-state index contributed by atoms with van der Waals surface area (Å²) in [5.41, 5.74) is 5.92. The molecule has 1 fully saturated rings. The first-order valence-electron chi connectivity index (χ1n) is 7.59. The maximum absolute atomic E-state index is 12.6. The van der Waals surface area contributed by atoms with Crippen molar-refractivity contribution in [3.63, 3.8) is 0 Å². The lowest BCUT2D eigenvalue weighted by Crippen LogP contribution is -2.50. The lowest BCUT2D eigenvalue weighted by molar-refractivity contribution is -0.132. The van der Waals surface area contributed by atoms with Gasteiger partial charge in [0.05, 0.1) is 14.2 Å². The molecule has 0 unspecified atom stereocenters. The highest BCUT2D eigenvalue weighted by molar-refractivity contribution is 5.95. The van der Waals surface area contributed by atoms with Crippen molar-refractivity contribution in [3.8, 4) is 11.5 Å². The zero-order valence-electron chi connectivity index (χ0n) is 14.0. The number of ether oxygens (including phenoxy) is 2. The smallest absolute Gasteiger partial charge is 0.254 e. The minimum absolute atomic E-state index is 0. The molecule has 0 aromatic heterocycles. The molecule has 1 aliphatic rings. The summed E-state index contributed by atoms with van der Waals surface area (Å²) in [4.78, 5) is 27.9. The largest absolute Gasteiger partial charge is 0.497 e. The number of carbonyl (C=O) groups is 2. The SMILES string of the molecule is COc1cc(OC)cc(C(=O)N2CCN(C(=O)CCN)CC2)c1.Cl. The number of nitrogens with zero attached hydrogens (tertiary/aromatic N) is 2. The number of methoxy groups -OCH3 is 2. The van der Waals surface area contributed by atoms with E-state index < -0.39 is 0 Å². The second-order valence-corrected chi connectivity index (χ2v) is 5.31. The molecule has 1 aromatic carbocycles. The van der Waals surface area contributed by atoms with E-state index in [1.165, 1.54) is 0 Å². The number of carbonyl (C=O) groups excluding carboxylic acids is 2. The molecule has 7 nitrogen and oxygen atoms in total. The maximum Gasteiger partial charge on any atom is 0.254 e. The fraction of sp³-hybridized carbons (Fsp3) is 0.500. The Kier molecular flexibility index (Phi) is 7.81. The molecule has 2 amide bonds. The Morgan fingerprint density at radius 2 is 1.50 bits per heavy atom. The second kappa shape index (κ2) is 9.34. The van der Waals surface area contributed by atoms with Crippen LogP contribution in [-0.4, -0.2) is 68.6 Å². The van der Waals surface area contributed by atoms with Crippen molar-refractivity contribution in [2.24, 2.45) is 5.73 Å². The van der Waals surface area contributed by atoms with Gasteiger partial charge in [-0.15, -0.1) is 12.4 Å². The van der Waals surface area contributed by atoms with Crippen molar-refractivity contribution in [3.05, 3.63) is 23.8 Å². The molecule has 0 radical (unpaired) electrons. The van der Waals surface area contributed by atoms with Gasteiger partial charge in [0.2, 0.25) is 5.91 Å². The first-order chi connectivity index (χ1) is 11.1. The Morgan fingerprint density at radius 1 is 1.00 bits per heavy atom. The number of amides is 2. The second-order valence-electron chi connectivity index (χ2n) is 5.31. The van der Waals surface area contributed by atoms with Crippen LogP contribution in [0, 0.1) is 0 Å². The third-order valence-corrected chi connectivity index (χ3v) is 3.88. The molecule has 0 atom stereocenters. The van der Waals surface area contributed by atoms with E-state index in [1.807, 2.05) is 0 Å². The van der Waals surface area contributed by atoms with Crippen LogP contribution in [0.4, 0.5) is 0 Å². The number of hydrogen-bond donors (Lipinski definition) is 1. The van der Waals surface area contributed by atoms with Crippen LogP contribution in [0.5, 0.6) is 11.5 Å². The van der Waals surface area contributed by atoms with Crippen LogP contribution >= 0.6 is 12.4 Å². The zero-order valence-corrected chi connectivity index (χ0v) is 14.8. The summed E-state index contributed by atoms with van der Waals surface area (Å²) in [7, 11) is 3.09. The normalized spacial score (nSPS) is 14.0. The van der Waals surface area contributed by atoms with Crippen LogP contribution in [0.25, 0.3) is 0 Å². The van der Waals surface area contributed by atoms with Gasteiger partial charge in [-0.25, -0.2) is 0 Å². The van der Waals surface area contributed by atoms with Gasteiger partial charge in [-0.3, -0.25) is 9.59 Å². The number of benzene rings is 1. The summed E-state index contributed by atoms with van der Waals surface area (Å²) in [6.45, 7) is 2.43. The fourth-order valence-corrected chi connectivity index (χ4v) is 2.55. The van der Waals surface area contributed by atoms with Crippen LogP contribution in [0.2, 0.25) is 0 Å². The molecule has 0 aliphatic carbocycles. The average molecular weight is 358 g/mol. The highest BCUT2D eigenvalue weighted by Gasteiger charge is 2.25. The molecule has 2 N–H and O–H groups in total. The fourth-order valence-electron chi connectivity index (χ4n) is 2.55. The van der Waals surface area contributed by atoms with Crippen molar-refractivity contribution in [1.29, 1.82) is 0 Å². The van der Waals surface area contributed by atoms with Crippen LogP contribution in [0.1, 0.15) is 16.8 Å². The average Bonchev–Trinajstić information content (AvgIpc) is 2.60. The number of hydrogen-bond acceptors (Lipinski definition) is 5. The van der Waals surface area contributed by atoms with Gasteiger partial charge >= 0.3 is 0 Å². The van der Waals surface area contributed by atoms with Crippen LogP contribution in [-0.2, 0) is 4.79 Å². The molecule has 134 valence electrons. The summed E-state index contributed by atoms with van der Waals surface area (Å²) in [5.74, 6) is 1.10. The van der Waals surface area contributed by atoms with Crippen molar-refractivity contribution in [2.45, 2.75) is 6.42 Å². The monoisotopic (exact) mass is 357 g/mol. The number of piperazine rings is 1. The molecule has 8 heteroatoms. The Hall–Kier alpha value is -1.99. The highest BCUT2D eigenvalue weighted by atomic mass is 35.5. The molecule has 24 heavy (non-hydrogen) atoms. The molecule has 1 heterocycles. The molecule has 0 spiro atoms. The minimum atomic E-state index is -0.0897. The van der Waals surface area contributed by atoms with Crippen molar-refractivity contribution >= 4 is 24.2 Å². The first-order valence-corrected chi connectivity index (χ1v) is 7.59. The van der Waals surface area contributed by atoms with Crippen LogP contribution in [0.15, 0.2) is 18.2 Å². The topological polar surface area (TPSA) is 85.1 Å². The van der Waals surface area contributed by atoms with Gasteiger partial charge in [0, 0.05) is 50.8 Å². The third-order valence-electron chi connectivity index (χ3n) is 3.88. The van der Waals surface area contributed by atoms with E-state index in [0.29, 0.717) is 56.2 Å². The molecule has 0 bridgehead atoms. The van der Waals surface area contributed by atoms with Gasteiger partial charge in [0.15, 0.2) is 0 Å². The van der Waals surface area contributed by atoms with Crippen molar-refractivity contribution < 1.29 is 19.1 Å². The van der Waals surface area contributed by atoms with E-state index in [-0.39, 0.29) is 24.2 Å². The Bertz CT molecular complexity index is 552. The van der Waals surface area contributed by atoms with E-state index in [2.05, 4.69) is 0 Å². The van der Waals surface area contributed by atoms with Gasteiger partial charge in [0.1, 0.15) is 11.5 Å². The van der Waals surface area contributed by atoms with Gasteiger partial charge in [-0.05, 0) is 12.1 Å². The molecular weight excluding hydrogens is 334 g/mol. The summed E-state index contributed by atoms with van der Waals surface area (Å²) in [6, 6.07) is 5.10. The van der Waals surface area contributed by atoms with E-state index in [0.717, 1.165) is 0 Å². The van der Waals surface area contributed by atoms with E-state index >= 15 is 0 Å². The summed E-state index contributed by atoms with van der Waals surface area (Å²) in [6.07, 6.45) is 0.348. The van der Waals surface area contributed by atoms with Gasteiger partial charge in [-0.2, -0.15) is 0 Å². The highest BCUT2D eigenvalue weighted by Crippen LogP contribution is 2.23. The molecule has 1 aliphatic heterocycles. The Labute approximate surface area is 148 Å². The lowest BCUT2D eigenvalue weighted by Gasteiger charge is -2.35. The summed E-state index contributed by atoms with van der Waals surface area (Å²) in [5, 5.41) is 0. The number of nitrogens with two attached hydrogens (primary N) is 1. The predicted octanol–water partition coefficient (Wildman–Crippen LogP) is 0.759. The molecule has 1 saturated heterocycles. The Morgan fingerprint density at radius 3 is 1.96 bits per heavy atom. The van der Waals surface area contributed by atoms with E-state index in [4.69, 9.17) is 15.2 Å².